The maximum atomic E-state index is 11.3. The molecule has 1 saturated carbocycles. The zero-order valence-corrected chi connectivity index (χ0v) is 11.0. The molecular weight excluding hydrogens is 268 g/mol. The maximum absolute atomic E-state index is 11.3. The molecule has 2 atom stereocenters. The average Bonchev–Trinajstić information content (AvgIpc) is 2.77. The number of hydrogen-bond donors (Lipinski definition) is 3. The lowest BCUT2D eigenvalue weighted by Gasteiger charge is -2.16. The van der Waals surface area contributed by atoms with Crippen molar-refractivity contribution in [3.8, 4) is 0 Å². The van der Waals surface area contributed by atoms with Gasteiger partial charge in [-0.2, -0.15) is 0 Å². The summed E-state index contributed by atoms with van der Waals surface area (Å²) in [4.78, 5) is 22.2. The van der Waals surface area contributed by atoms with Gasteiger partial charge in [-0.05, 0) is 37.5 Å². The summed E-state index contributed by atoms with van der Waals surface area (Å²) in [5, 5.41) is 12.6. The first-order chi connectivity index (χ1) is 8.97. The monoisotopic (exact) mass is 282 g/mol. The molecule has 6 heteroatoms. The number of aliphatic carboxylic acids is 1. The number of anilines is 1. The number of carbonyl (C=O) groups excluding carboxylic acids is 1. The molecule has 0 radical (unpaired) electrons. The van der Waals surface area contributed by atoms with E-state index < -0.39 is 11.9 Å². The van der Waals surface area contributed by atoms with Crippen molar-refractivity contribution < 1.29 is 14.7 Å². The van der Waals surface area contributed by atoms with E-state index in [1.807, 2.05) is 0 Å². The van der Waals surface area contributed by atoms with Gasteiger partial charge in [-0.1, -0.05) is 11.6 Å². The average molecular weight is 283 g/mol. The Morgan fingerprint density at radius 2 is 2.11 bits per heavy atom. The van der Waals surface area contributed by atoms with Crippen molar-refractivity contribution >= 4 is 29.2 Å². The minimum Gasteiger partial charge on any atom is -0.481 e. The van der Waals surface area contributed by atoms with E-state index in [2.05, 4.69) is 5.32 Å². The molecule has 1 amide bonds. The highest BCUT2D eigenvalue weighted by Gasteiger charge is 2.30. The van der Waals surface area contributed by atoms with Crippen molar-refractivity contribution in [1.82, 2.24) is 0 Å². The van der Waals surface area contributed by atoms with Crippen LogP contribution in [0, 0.1) is 5.92 Å². The molecule has 1 fully saturated rings. The van der Waals surface area contributed by atoms with Crippen LogP contribution in [0.2, 0.25) is 5.02 Å². The van der Waals surface area contributed by atoms with Gasteiger partial charge in [0.15, 0.2) is 0 Å². The smallest absolute Gasteiger partial charge is 0.306 e. The third-order valence-electron chi connectivity index (χ3n) is 3.39. The van der Waals surface area contributed by atoms with Crippen molar-refractivity contribution in [2.75, 3.05) is 5.32 Å². The molecule has 102 valence electrons. The first-order valence-corrected chi connectivity index (χ1v) is 6.44. The van der Waals surface area contributed by atoms with Crippen LogP contribution in [0.3, 0.4) is 0 Å². The summed E-state index contributed by atoms with van der Waals surface area (Å²) in [5.74, 6) is -1.63. The number of amides is 1. The van der Waals surface area contributed by atoms with Crippen molar-refractivity contribution in [2.24, 2.45) is 11.7 Å². The van der Waals surface area contributed by atoms with Gasteiger partial charge in [0, 0.05) is 16.8 Å². The van der Waals surface area contributed by atoms with E-state index in [0.717, 1.165) is 6.42 Å². The molecule has 4 N–H and O–H groups in total. The zero-order chi connectivity index (χ0) is 14.0. The Bertz CT molecular complexity index is 519. The first kappa shape index (κ1) is 13.7. The molecule has 1 aliphatic carbocycles. The Kier molecular flexibility index (Phi) is 3.95. The summed E-state index contributed by atoms with van der Waals surface area (Å²) in [7, 11) is 0. The molecule has 0 unspecified atom stereocenters. The molecule has 1 aromatic carbocycles. The van der Waals surface area contributed by atoms with E-state index in [4.69, 9.17) is 22.4 Å². The van der Waals surface area contributed by atoms with Gasteiger partial charge in [-0.25, -0.2) is 0 Å². The van der Waals surface area contributed by atoms with Crippen LogP contribution in [0.5, 0.6) is 0 Å². The van der Waals surface area contributed by atoms with Crippen molar-refractivity contribution in [3.63, 3.8) is 0 Å². The Balaban J connectivity index is 2.13. The number of carbonyl (C=O) groups is 2. The summed E-state index contributed by atoms with van der Waals surface area (Å²) < 4.78 is 0. The van der Waals surface area contributed by atoms with Crippen LogP contribution >= 0.6 is 11.6 Å². The highest BCUT2D eigenvalue weighted by molar-refractivity contribution is 6.31. The number of carboxylic acid groups (broad SMARTS) is 1. The topological polar surface area (TPSA) is 92.4 Å². The number of benzene rings is 1. The minimum atomic E-state index is -0.773. The van der Waals surface area contributed by atoms with Crippen LogP contribution in [-0.4, -0.2) is 23.0 Å². The molecule has 0 bridgehead atoms. The van der Waals surface area contributed by atoms with Gasteiger partial charge in [0.25, 0.3) is 5.91 Å². The van der Waals surface area contributed by atoms with E-state index in [1.165, 1.54) is 0 Å². The fraction of sp³-hybridized carbons (Fsp3) is 0.385. The van der Waals surface area contributed by atoms with Crippen LogP contribution < -0.4 is 11.1 Å². The van der Waals surface area contributed by atoms with Gasteiger partial charge in [0.2, 0.25) is 0 Å². The number of primary amides is 1. The predicted octanol–water partition coefficient (Wildman–Crippen LogP) is 2.10. The van der Waals surface area contributed by atoms with Crippen molar-refractivity contribution in [2.45, 2.75) is 25.3 Å². The van der Waals surface area contributed by atoms with Gasteiger partial charge >= 0.3 is 5.97 Å². The second-order valence-electron chi connectivity index (χ2n) is 4.74. The lowest BCUT2D eigenvalue weighted by Crippen LogP contribution is -2.21. The fourth-order valence-electron chi connectivity index (χ4n) is 2.41. The molecule has 0 aliphatic heterocycles. The number of hydrogen-bond acceptors (Lipinski definition) is 3. The standard InChI is InChI=1S/C13H15ClN2O3/c14-8-2-4-10(12(15)17)11(6-8)16-9-3-1-7(5-9)13(18)19/h2,4,6-7,9,16H,1,3,5H2,(H2,15,17)(H,18,19)/t7-,9+/m1/s1. The van der Waals surface area contributed by atoms with Crippen LogP contribution in [0.1, 0.15) is 29.6 Å². The van der Waals surface area contributed by atoms with E-state index in [9.17, 15) is 9.59 Å². The summed E-state index contributed by atoms with van der Waals surface area (Å²) in [6.07, 6.45) is 1.93. The molecule has 2 rings (SSSR count). The molecule has 0 aromatic heterocycles. The predicted molar refractivity (Wildman–Crippen MR) is 72.4 cm³/mol. The number of halogens is 1. The first-order valence-electron chi connectivity index (χ1n) is 6.06. The fourth-order valence-corrected chi connectivity index (χ4v) is 2.58. The molecular formula is C13H15ClN2O3. The highest BCUT2D eigenvalue weighted by atomic mass is 35.5. The molecule has 5 nitrogen and oxygen atoms in total. The number of nitrogens with one attached hydrogen (secondary N) is 1. The summed E-state index contributed by atoms with van der Waals surface area (Å²) >= 11 is 5.90. The Labute approximate surface area is 115 Å². The van der Waals surface area contributed by atoms with Gasteiger partial charge in [0.05, 0.1) is 11.5 Å². The Morgan fingerprint density at radius 1 is 1.37 bits per heavy atom. The number of nitrogens with two attached hydrogens (primary N) is 1. The third-order valence-corrected chi connectivity index (χ3v) is 3.62. The van der Waals surface area contributed by atoms with Crippen molar-refractivity contribution in [3.05, 3.63) is 28.8 Å². The Hall–Kier alpha value is -1.75. The van der Waals surface area contributed by atoms with Crippen LogP contribution in [0.15, 0.2) is 18.2 Å². The van der Waals surface area contributed by atoms with Gasteiger partial charge in [-0.15, -0.1) is 0 Å². The number of rotatable bonds is 4. The zero-order valence-electron chi connectivity index (χ0n) is 10.2. The largest absolute Gasteiger partial charge is 0.481 e. The second kappa shape index (κ2) is 5.48. The number of carboxylic acids is 1. The molecule has 0 heterocycles. The van der Waals surface area contributed by atoms with Crippen LogP contribution in [0.25, 0.3) is 0 Å². The van der Waals surface area contributed by atoms with Gasteiger partial charge in [-0.3, -0.25) is 9.59 Å². The summed E-state index contributed by atoms with van der Waals surface area (Å²) in [5.41, 5.74) is 6.23. The second-order valence-corrected chi connectivity index (χ2v) is 5.18. The Morgan fingerprint density at radius 3 is 2.68 bits per heavy atom. The summed E-state index contributed by atoms with van der Waals surface area (Å²) in [6, 6.07) is 4.83. The molecule has 19 heavy (non-hydrogen) atoms. The van der Waals surface area contributed by atoms with Gasteiger partial charge in [0.1, 0.15) is 0 Å². The van der Waals surface area contributed by atoms with Gasteiger partial charge < -0.3 is 16.2 Å². The minimum absolute atomic E-state index is 0.0256. The maximum Gasteiger partial charge on any atom is 0.306 e. The lowest BCUT2D eigenvalue weighted by atomic mass is 10.1. The van der Waals surface area contributed by atoms with Crippen LogP contribution in [0.4, 0.5) is 5.69 Å². The highest BCUT2D eigenvalue weighted by Crippen LogP contribution is 2.30. The molecule has 1 aromatic rings. The SMILES string of the molecule is NC(=O)c1ccc(Cl)cc1N[C@H]1CC[C@@H](C(=O)O)C1. The lowest BCUT2D eigenvalue weighted by molar-refractivity contribution is -0.141. The third kappa shape index (κ3) is 3.17. The normalized spacial score (nSPS) is 22.2. The quantitative estimate of drug-likeness (QED) is 0.788. The van der Waals surface area contributed by atoms with E-state index >= 15 is 0 Å². The van der Waals surface area contributed by atoms with Crippen LogP contribution in [-0.2, 0) is 4.79 Å². The van der Waals surface area contributed by atoms with Crippen molar-refractivity contribution in [1.29, 1.82) is 0 Å². The van der Waals surface area contributed by atoms with E-state index in [-0.39, 0.29) is 12.0 Å². The molecule has 1 aliphatic rings. The van der Waals surface area contributed by atoms with E-state index in [1.54, 1.807) is 18.2 Å². The summed E-state index contributed by atoms with van der Waals surface area (Å²) in [6.45, 7) is 0. The molecule has 0 saturated heterocycles. The molecule has 0 spiro atoms. The van der Waals surface area contributed by atoms with E-state index in [0.29, 0.717) is 29.1 Å².